The number of ketones is 1. The van der Waals surface area contributed by atoms with Crippen LogP contribution >= 0.6 is 0 Å². The molecule has 2 aromatic rings. The summed E-state index contributed by atoms with van der Waals surface area (Å²) < 4.78 is 5.12. The number of carbonyl (C=O) groups is 3. The Morgan fingerprint density at radius 3 is 2.39 bits per heavy atom. The van der Waals surface area contributed by atoms with Crippen molar-refractivity contribution >= 4 is 29.0 Å². The zero-order valence-electron chi connectivity index (χ0n) is 17.5. The third kappa shape index (κ3) is 2.88. The second-order valence-corrected chi connectivity index (χ2v) is 7.50. The number of aliphatic hydroxyl groups is 1. The number of nitrogens with zero attached hydrogens (tertiary/aromatic N) is 2. The van der Waals surface area contributed by atoms with Gasteiger partial charge in [-0.2, -0.15) is 0 Å². The van der Waals surface area contributed by atoms with E-state index in [1.165, 1.54) is 4.90 Å². The lowest BCUT2D eigenvalue weighted by atomic mass is 9.82. The molecule has 1 N–H and O–H groups in total. The zero-order valence-corrected chi connectivity index (χ0v) is 17.5. The van der Waals surface area contributed by atoms with Crippen LogP contribution in [0, 0.1) is 0 Å². The zero-order chi connectivity index (χ0) is 22.2. The van der Waals surface area contributed by atoms with Crippen molar-refractivity contribution in [2.45, 2.75) is 18.9 Å². The van der Waals surface area contributed by atoms with Crippen molar-refractivity contribution in [2.24, 2.45) is 0 Å². The molecule has 1 atom stereocenters. The Kier molecular flexibility index (Phi) is 5.37. The summed E-state index contributed by atoms with van der Waals surface area (Å²) >= 11 is 0. The highest BCUT2D eigenvalue weighted by molar-refractivity contribution is 6.50. The number of fused-ring (bicyclic) bond motifs is 2. The number of aliphatic hydroxyl groups excluding tert-OH is 1. The van der Waals surface area contributed by atoms with Gasteiger partial charge in [-0.3, -0.25) is 14.4 Å². The van der Waals surface area contributed by atoms with Crippen molar-refractivity contribution in [3.63, 3.8) is 0 Å². The molecular formula is C24H24N2O5. The average molecular weight is 420 g/mol. The van der Waals surface area contributed by atoms with E-state index in [1.807, 2.05) is 13.0 Å². The molecular weight excluding hydrogens is 396 g/mol. The van der Waals surface area contributed by atoms with E-state index in [0.717, 1.165) is 0 Å². The van der Waals surface area contributed by atoms with Crippen LogP contribution in [-0.4, -0.2) is 54.4 Å². The number of amides is 2. The van der Waals surface area contributed by atoms with Gasteiger partial charge in [-0.25, -0.2) is 0 Å². The summed E-state index contributed by atoms with van der Waals surface area (Å²) in [5.74, 6) is -2.42. The van der Waals surface area contributed by atoms with Gasteiger partial charge in [0.1, 0.15) is 5.76 Å². The van der Waals surface area contributed by atoms with Crippen molar-refractivity contribution in [2.75, 3.05) is 31.7 Å². The number of anilines is 1. The fraction of sp³-hybridized carbons (Fsp3) is 0.292. The molecule has 1 unspecified atom stereocenters. The number of rotatable bonds is 6. The van der Waals surface area contributed by atoms with Gasteiger partial charge in [-0.1, -0.05) is 48.5 Å². The van der Waals surface area contributed by atoms with Crippen LogP contribution in [-0.2, 0) is 24.7 Å². The number of para-hydroxylation sites is 1. The van der Waals surface area contributed by atoms with Crippen molar-refractivity contribution in [1.29, 1.82) is 0 Å². The second kappa shape index (κ2) is 8.00. The monoisotopic (exact) mass is 420 g/mol. The van der Waals surface area contributed by atoms with Crippen molar-refractivity contribution < 1.29 is 24.2 Å². The van der Waals surface area contributed by atoms with Crippen molar-refractivity contribution in [3.05, 3.63) is 71.3 Å². The van der Waals surface area contributed by atoms with E-state index in [4.69, 9.17) is 4.74 Å². The molecule has 4 rings (SSSR count). The summed E-state index contributed by atoms with van der Waals surface area (Å²) in [4.78, 5) is 43.2. The van der Waals surface area contributed by atoms with Gasteiger partial charge in [-0.05, 0) is 19.4 Å². The summed E-state index contributed by atoms with van der Waals surface area (Å²) in [6.07, 6.45) is 0.443. The smallest absolute Gasteiger partial charge is 0.296 e. The number of Topliss-reactive ketones (excluding diaryl/α,β-unsaturated/α-hetero) is 1. The van der Waals surface area contributed by atoms with E-state index in [1.54, 1.807) is 60.5 Å². The third-order valence-electron chi connectivity index (χ3n) is 5.90. The molecule has 2 aliphatic heterocycles. The van der Waals surface area contributed by atoms with E-state index in [9.17, 15) is 19.5 Å². The predicted molar refractivity (Wildman–Crippen MR) is 115 cm³/mol. The molecule has 1 fully saturated rings. The summed E-state index contributed by atoms with van der Waals surface area (Å²) in [5, 5.41) is 11.2. The lowest BCUT2D eigenvalue weighted by Crippen LogP contribution is -2.52. The number of carbonyl (C=O) groups excluding carboxylic acids is 3. The first kappa shape index (κ1) is 20.8. The maximum absolute atomic E-state index is 13.9. The van der Waals surface area contributed by atoms with Crippen LogP contribution in [0.4, 0.5) is 5.69 Å². The minimum Gasteiger partial charge on any atom is -0.507 e. The number of hydrogen-bond donors (Lipinski definition) is 1. The van der Waals surface area contributed by atoms with Crippen LogP contribution in [0.2, 0.25) is 0 Å². The first-order valence-electron chi connectivity index (χ1n) is 10.3. The van der Waals surface area contributed by atoms with Crippen LogP contribution in [0.15, 0.2) is 60.2 Å². The van der Waals surface area contributed by atoms with Gasteiger partial charge in [-0.15, -0.1) is 0 Å². The van der Waals surface area contributed by atoms with Gasteiger partial charge in [0.2, 0.25) is 0 Å². The fourth-order valence-electron chi connectivity index (χ4n) is 4.59. The van der Waals surface area contributed by atoms with Crippen LogP contribution < -0.4 is 4.90 Å². The van der Waals surface area contributed by atoms with Crippen molar-refractivity contribution in [1.82, 2.24) is 4.90 Å². The molecule has 2 aromatic carbocycles. The van der Waals surface area contributed by atoms with E-state index < -0.39 is 23.1 Å². The number of benzene rings is 2. The second-order valence-electron chi connectivity index (χ2n) is 7.50. The minimum absolute atomic E-state index is 0.140. The van der Waals surface area contributed by atoms with Gasteiger partial charge in [0.15, 0.2) is 5.54 Å². The van der Waals surface area contributed by atoms with E-state index >= 15 is 0 Å². The van der Waals surface area contributed by atoms with Crippen LogP contribution in [0.3, 0.4) is 0 Å². The fourth-order valence-corrected chi connectivity index (χ4v) is 4.59. The normalized spacial score (nSPS) is 21.9. The molecule has 7 nitrogen and oxygen atoms in total. The van der Waals surface area contributed by atoms with Gasteiger partial charge >= 0.3 is 0 Å². The van der Waals surface area contributed by atoms with Crippen LogP contribution in [0.25, 0.3) is 5.76 Å². The molecule has 1 saturated heterocycles. The Bertz CT molecular complexity index is 1080. The Morgan fingerprint density at radius 2 is 1.71 bits per heavy atom. The quantitative estimate of drug-likeness (QED) is 0.336. The highest BCUT2D eigenvalue weighted by Crippen LogP contribution is 2.53. The van der Waals surface area contributed by atoms with Crippen LogP contribution in [0.5, 0.6) is 0 Å². The lowest BCUT2D eigenvalue weighted by Gasteiger charge is -2.34. The Balaban J connectivity index is 2.03. The van der Waals surface area contributed by atoms with Crippen LogP contribution in [0.1, 0.15) is 24.5 Å². The van der Waals surface area contributed by atoms with Gasteiger partial charge < -0.3 is 19.6 Å². The van der Waals surface area contributed by atoms with E-state index in [2.05, 4.69) is 0 Å². The van der Waals surface area contributed by atoms with Gasteiger partial charge in [0.05, 0.1) is 11.3 Å². The molecule has 31 heavy (non-hydrogen) atoms. The molecule has 2 amide bonds. The van der Waals surface area contributed by atoms with Gasteiger partial charge in [0, 0.05) is 37.9 Å². The molecule has 1 spiro atoms. The minimum atomic E-state index is -1.70. The summed E-state index contributed by atoms with van der Waals surface area (Å²) in [6, 6.07) is 15.6. The lowest BCUT2D eigenvalue weighted by molar-refractivity contribution is -0.143. The number of ether oxygens (including phenoxy) is 1. The SMILES string of the molecule is CCN1C(=O)C2(/C(=C(\O)c3ccccc3)C(=O)C(=O)N2CCCOC)c2ccccc21. The number of hydrogen-bond acceptors (Lipinski definition) is 5. The molecule has 0 aliphatic carbocycles. The summed E-state index contributed by atoms with van der Waals surface area (Å²) in [7, 11) is 1.55. The first-order chi connectivity index (χ1) is 15.0. The number of likely N-dealkylation sites (tertiary alicyclic amines) is 1. The Labute approximate surface area is 180 Å². The van der Waals surface area contributed by atoms with E-state index in [-0.39, 0.29) is 17.9 Å². The maximum Gasteiger partial charge on any atom is 0.296 e. The first-order valence-corrected chi connectivity index (χ1v) is 10.3. The number of likely N-dealkylation sites (N-methyl/N-ethyl adjacent to an activating group) is 1. The topological polar surface area (TPSA) is 87.2 Å². The standard InChI is InChI=1S/C24H24N2O5/c1-3-25-18-13-8-7-12-17(18)24(23(25)30)19(20(27)16-10-5-4-6-11-16)21(28)22(29)26(24)14-9-15-31-2/h4-8,10-13,27H,3,9,14-15H2,1-2H3/b20-19-. The summed E-state index contributed by atoms with van der Waals surface area (Å²) in [6.45, 7) is 2.71. The average Bonchev–Trinajstić information content (AvgIpc) is 3.17. The molecule has 0 saturated carbocycles. The summed E-state index contributed by atoms with van der Waals surface area (Å²) in [5.41, 5.74) is -0.357. The molecule has 160 valence electrons. The molecule has 2 aliphatic rings. The van der Waals surface area contributed by atoms with E-state index in [0.29, 0.717) is 36.4 Å². The molecule has 0 bridgehead atoms. The highest BCUT2D eigenvalue weighted by Gasteiger charge is 2.66. The molecule has 7 heteroatoms. The Hall–Kier alpha value is -3.45. The Morgan fingerprint density at radius 1 is 1.03 bits per heavy atom. The number of methoxy groups -OCH3 is 1. The van der Waals surface area contributed by atoms with Gasteiger partial charge in [0.25, 0.3) is 17.6 Å². The predicted octanol–water partition coefficient (Wildman–Crippen LogP) is 2.67. The maximum atomic E-state index is 13.9. The third-order valence-corrected chi connectivity index (χ3v) is 5.90. The largest absolute Gasteiger partial charge is 0.507 e. The van der Waals surface area contributed by atoms with Crippen molar-refractivity contribution in [3.8, 4) is 0 Å². The molecule has 0 aromatic heterocycles. The highest BCUT2D eigenvalue weighted by atomic mass is 16.5. The molecule has 0 radical (unpaired) electrons. The molecule has 2 heterocycles.